The molecule has 5 nitrogen and oxygen atoms in total. The summed E-state index contributed by atoms with van der Waals surface area (Å²) in [4.78, 5) is 23.8. The summed E-state index contributed by atoms with van der Waals surface area (Å²) in [6.45, 7) is 3.19. The molecule has 1 N–H and O–H groups in total. The van der Waals surface area contributed by atoms with E-state index in [9.17, 15) is 9.18 Å². The van der Waals surface area contributed by atoms with Crippen molar-refractivity contribution >= 4 is 28.4 Å². The second-order valence-corrected chi connectivity index (χ2v) is 6.93. The number of nitrogens with one attached hydrogen (secondary N) is 1. The molecule has 0 spiro atoms. The smallest absolute Gasteiger partial charge is 0.227 e. The van der Waals surface area contributed by atoms with E-state index in [1.807, 2.05) is 24.3 Å². The summed E-state index contributed by atoms with van der Waals surface area (Å²) in [5.41, 5.74) is 2.82. The van der Waals surface area contributed by atoms with Crippen LogP contribution in [0, 0.1) is 18.7 Å². The van der Waals surface area contributed by atoms with Gasteiger partial charge in [0.05, 0.1) is 17.2 Å². The molecule has 1 aliphatic rings. The number of anilines is 2. The van der Waals surface area contributed by atoms with Crippen LogP contribution in [0.25, 0.3) is 11.0 Å². The van der Waals surface area contributed by atoms with Crippen LogP contribution in [0.2, 0.25) is 0 Å². The molecule has 4 rings (SSSR count). The van der Waals surface area contributed by atoms with E-state index in [-0.39, 0.29) is 17.6 Å². The second-order valence-electron chi connectivity index (χ2n) is 6.93. The highest BCUT2D eigenvalue weighted by atomic mass is 19.1. The minimum Gasteiger partial charge on any atom is -0.355 e. The van der Waals surface area contributed by atoms with Crippen molar-refractivity contribution in [2.75, 3.05) is 23.3 Å². The van der Waals surface area contributed by atoms with Gasteiger partial charge in [-0.25, -0.2) is 9.37 Å². The zero-order chi connectivity index (χ0) is 18.8. The Morgan fingerprint density at radius 2 is 1.89 bits per heavy atom. The molecular weight excluding hydrogens is 343 g/mol. The highest BCUT2D eigenvalue weighted by Crippen LogP contribution is 2.24. The molecule has 0 saturated carbocycles. The van der Waals surface area contributed by atoms with Gasteiger partial charge in [-0.3, -0.25) is 9.78 Å². The van der Waals surface area contributed by atoms with Gasteiger partial charge in [-0.1, -0.05) is 18.2 Å². The molecule has 1 saturated heterocycles. The van der Waals surface area contributed by atoms with Crippen molar-refractivity contribution < 1.29 is 9.18 Å². The predicted octanol–water partition coefficient (Wildman–Crippen LogP) is 3.93. The van der Waals surface area contributed by atoms with E-state index in [0.717, 1.165) is 42.8 Å². The standard InChI is InChI=1S/C21H21FN4O/c1-14-6-7-16(12-17(14)22)24-21(27)15-8-10-26(11-9-15)20-13-23-18-4-2-3-5-19(18)25-20/h2-7,12-13,15H,8-11H2,1H3,(H,24,27). The molecule has 0 bridgehead atoms. The molecule has 2 aromatic carbocycles. The normalized spacial score (nSPS) is 15.1. The fraction of sp³-hybridized carbons (Fsp3) is 0.286. The fourth-order valence-corrected chi connectivity index (χ4v) is 3.39. The van der Waals surface area contributed by atoms with Crippen molar-refractivity contribution in [2.45, 2.75) is 19.8 Å². The van der Waals surface area contributed by atoms with Gasteiger partial charge in [0.25, 0.3) is 0 Å². The van der Waals surface area contributed by atoms with Gasteiger partial charge in [0.15, 0.2) is 0 Å². The van der Waals surface area contributed by atoms with E-state index in [1.54, 1.807) is 25.3 Å². The maximum Gasteiger partial charge on any atom is 0.227 e. The van der Waals surface area contributed by atoms with Crippen LogP contribution < -0.4 is 10.2 Å². The van der Waals surface area contributed by atoms with Gasteiger partial charge in [0.2, 0.25) is 5.91 Å². The number of nitrogens with zero attached hydrogens (tertiary/aromatic N) is 3. The average Bonchev–Trinajstić information content (AvgIpc) is 2.70. The molecule has 0 atom stereocenters. The molecule has 3 aromatic rings. The van der Waals surface area contributed by atoms with Gasteiger partial charge in [0, 0.05) is 24.7 Å². The Labute approximate surface area is 157 Å². The number of carbonyl (C=O) groups is 1. The number of benzene rings is 2. The molecule has 1 aliphatic heterocycles. The first-order chi connectivity index (χ1) is 13.1. The molecule has 1 aromatic heterocycles. The maximum atomic E-state index is 13.7. The lowest BCUT2D eigenvalue weighted by Crippen LogP contribution is -2.38. The van der Waals surface area contributed by atoms with Crippen LogP contribution >= 0.6 is 0 Å². The Balaban J connectivity index is 1.38. The van der Waals surface area contributed by atoms with Crippen LogP contribution in [0.4, 0.5) is 15.9 Å². The summed E-state index contributed by atoms with van der Waals surface area (Å²) in [5.74, 6) is 0.396. The first-order valence-corrected chi connectivity index (χ1v) is 9.14. The first-order valence-electron chi connectivity index (χ1n) is 9.14. The lowest BCUT2D eigenvalue weighted by atomic mass is 9.96. The minimum absolute atomic E-state index is 0.0532. The highest BCUT2D eigenvalue weighted by molar-refractivity contribution is 5.92. The molecule has 138 valence electrons. The molecule has 27 heavy (non-hydrogen) atoms. The van der Waals surface area contributed by atoms with Crippen molar-refractivity contribution in [3.63, 3.8) is 0 Å². The summed E-state index contributed by atoms with van der Waals surface area (Å²) >= 11 is 0. The monoisotopic (exact) mass is 364 g/mol. The molecule has 2 heterocycles. The van der Waals surface area contributed by atoms with E-state index in [0.29, 0.717) is 11.3 Å². The number of fused-ring (bicyclic) bond motifs is 1. The van der Waals surface area contributed by atoms with Crippen LogP contribution in [0.5, 0.6) is 0 Å². The topological polar surface area (TPSA) is 58.1 Å². The van der Waals surface area contributed by atoms with Gasteiger partial charge in [-0.2, -0.15) is 0 Å². The Morgan fingerprint density at radius 1 is 1.15 bits per heavy atom. The molecule has 0 aliphatic carbocycles. The van der Waals surface area contributed by atoms with Gasteiger partial charge in [-0.05, 0) is 49.6 Å². The third kappa shape index (κ3) is 3.74. The lowest BCUT2D eigenvalue weighted by molar-refractivity contribution is -0.120. The highest BCUT2D eigenvalue weighted by Gasteiger charge is 2.26. The fourth-order valence-electron chi connectivity index (χ4n) is 3.39. The quantitative estimate of drug-likeness (QED) is 0.765. The summed E-state index contributed by atoms with van der Waals surface area (Å²) < 4.78 is 13.7. The van der Waals surface area contributed by atoms with E-state index in [2.05, 4.69) is 20.2 Å². The van der Waals surface area contributed by atoms with Crippen LogP contribution in [-0.4, -0.2) is 29.0 Å². The number of para-hydroxylation sites is 2. The van der Waals surface area contributed by atoms with Crippen LogP contribution in [0.3, 0.4) is 0 Å². The van der Waals surface area contributed by atoms with Crippen molar-refractivity contribution in [1.82, 2.24) is 9.97 Å². The molecule has 0 radical (unpaired) electrons. The number of carbonyl (C=O) groups excluding carboxylic acids is 1. The maximum absolute atomic E-state index is 13.7. The Kier molecular flexibility index (Phi) is 4.71. The SMILES string of the molecule is Cc1ccc(NC(=O)C2CCN(c3cnc4ccccc4n3)CC2)cc1F. The number of aryl methyl sites for hydroxylation is 1. The first kappa shape index (κ1) is 17.4. The molecule has 6 heteroatoms. The molecule has 1 amide bonds. The Hall–Kier alpha value is -3.02. The molecule has 0 unspecified atom stereocenters. The van der Waals surface area contributed by atoms with Crippen molar-refractivity contribution in [3.05, 3.63) is 60.0 Å². The second kappa shape index (κ2) is 7.31. The van der Waals surface area contributed by atoms with Gasteiger partial charge in [0.1, 0.15) is 11.6 Å². The lowest BCUT2D eigenvalue weighted by Gasteiger charge is -2.32. The van der Waals surface area contributed by atoms with Gasteiger partial charge in [-0.15, -0.1) is 0 Å². The van der Waals surface area contributed by atoms with Crippen LogP contribution in [0.15, 0.2) is 48.7 Å². The van der Waals surface area contributed by atoms with Crippen LogP contribution in [-0.2, 0) is 4.79 Å². The van der Waals surface area contributed by atoms with Gasteiger partial charge >= 0.3 is 0 Å². The Morgan fingerprint density at radius 3 is 2.63 bits per heavy atom. The number of aromatic nitrogens is 2. The predicted molar refractivity (Wildman–Crippen MR) is 104 cm³/mol. The molecular formula is C21H21FN4O. The third-order valence-corrected chi connectivity index (χ3v) is 5.06. The Bertz CT molecular complexity index is 983. The summed E-state index contributed by atoms with van der Waals surface area (Å²) in [6.07, 6.45) is 3.25. The van der Waals surface area contributed by atoms with Crippen LogP contribution in [0.1, 0.15) is 18.4 Å². The number of halogens is 1. The van der Waals surface area contributed by atoms with E-state index < -0.39 is 0 Å². The van der Waals surface area contributed by atoms with Crippen molar-refractivity contribution in [2.24, 2.45) is 5.92 Å². The van der Waals surface area contributed by atoms with Crippen molar-refractivity contribution in [3.8, 4) is 0 Å². The number of hydrogen-bond acceptors (Lipinski definition) is 4. The average molecular weight is 364 g/mol. The van der Waals surface area contributed by atoms with E-state index in [4.69, 9.17) is 0 Å². The van der Waals surface area contributed by atoms with E-state index >= 15 is 0 Å². The summed E-state index contributed by atoms with van der Waals surface area (Å²) in [7, 11) is 0. The van der Waals surface area contributed by atoms with Gasteiger partial charge < -0.3 is 10.2 Å². The zero-order valence-corrected chi connectivity index (χ0v) is 15.2. The van der Waals surface area contributed by atoms with E-state index in [1.165, 1.54) is 6.07 Å². The number of amides is 1. The number of piperidine rings is 1. The minimum atomic E-state index is -0.308. The summed E-state index contributed by atoms with van der Waals surface area (Å²) in [6, 6.07) is 12.6. The zero-order valence-electron chi connectivity index (χ0n) is 15.2. The van der Waals surface area contributed by atoms with Crippen molar-refractivity contribution in [1.29, 1.82) is 0 Å². The number of hydrogen-bond donors (Lipinski definition) is 1. The largest absolute Gasteiger partial charge is 0.355 e. The molecule has 1 fully saturated rings. The third-order valence-electron chi connectivity index (χ3n) is 5.06. The number of rotatable bonds is 3. The summed E-state index contributed by atoms with van der Waals surface area (Å²) in [5, 5.41) is 2.83.